The monoisotopic (exact) mass is 259 g/mol. The number of hydrogen-bond donors (Lipinski definition) is 2. The molecule has 2 rings (SSSR count). The van der Waals surface area contributed by atoms with Crippen molar-refractivity contribution in [3.05, 3.63) is 29.8 Å². The van der Waals surface area contributed by atoms with Gasteiger partial charge in [0.1, 0.15) is 0 Å². The molecule has 1 aromatic carbocycles. The largest absolute Gasteiger partial charge is 0.392 e. The van der Waals surface area contributed by atoms with Gasteiger partial charge in [0.25, 0.3) is 0 Å². The summed E-state index contributed by atoms with van der Waals surface area (Å²) >= 11 is 0. The molecule has 0 unspecified atom stereocenters. The third-order valence-corrected chi connectivity index (χ3v) is 3.14. The van der Waals surface area contributed by atoms with Crippen molar-refractivity contribution in [3.8, 4) is 6.07 Å². The number of aliphatic hydroxyl groups excluding tert-OH is 1. The number of hydrogen-bond acceptors (Lipinski definition) is 4. The molecule has 0 radical (unpaired) electrons. The number of nitriles is 1. The van der Waals surface area contributed by atoms with Gasteiger partial charge in [-0.15, -0.1) is 0 Å². The van der Waals surface area contributed by atoms with Crippen LogP contribution in [0.3, 0.4) is 0 Å². The minimum Gasteiger partial charge on any atom is -0.392 e. The number of carbonyl (C=O) groups excluding carboxylic acids is 1. The zero-order valence-corrected chi connectivity index (χ0v) is 10.7. The van der Waals surface area contributed by atoms with Crippen LogP contribution in [0, 0.1) is 11.3 Å². The number of nitrogens with one attached hydrogen (secondary N) is 1. The lowest BCUT2D eigenvalue weighted by molar-refractivity contribution is -0.117. The Kier molecular flexibility index (Phi) is 4.50. The maximum Gasteiger partial charge on any atom is 0.238 e. The standard InChI is InChI=1S/C14H17N3O2/c15-7-5-11-1-3-12(4-2-11)16-14(19)10-17-8-6-13(18)9-17/h1-4,13,18H,5-6,8-10H2,(H,16,19)/t13-/m0/s1. The van der Waals surface area contributed by atoms with Crippen LogP contribution in [0.2, 0.25) is 0 Å². The third-order valence-electron chi connectivity index (χ3n) is 3.14. The predicted octanol–water partition coefficient (Wildman–Crippen LogP) is 0.758. The summed E-state index contributed by atoms with van der Waals surface area (Å²) in [4.78, 5) is 13.7. The first-order valence-electron chi connectivity index (χ1n) is 6.33. The van der Waals surface area contributed by atoms with Gasteiger partial charge >= 0.3 is 0 Å². The highest BCUT2D eigenvalue weighted by molar-refractivity contribution is 5.92. The van der Waals surface area contributed by atoms with E-state index in [-0.39, 0.29) is 12.0 Å². The van der Waals surface area contributed by atoms with Crippen molar-refractivity contribution in [2.45, 2.75) is 18.9 Å². The number of amides is 1. The van der Waals surface area contributed by atoms with E-state index in [1.54, 1.807) is 12.1 Å². The molecule has 5 nitrogen and oxygen atoms in total. The molecule has 1 atom stereocenters. The molecule has 1 fully saturated rings. The SMILES string of the molecule is N#CCc1ccc(NC(=O)CN2CC[C@H](O)C2)cc1. The number of β-amino-alcohol motifs (C(OH)–C–C–N with tert-alkyl or cyclic N) is 1. The number of nitrogens with zero attached hydrogens (tertiary/aromatic N) is 2. The highest BCUT2D eigenvalue weighted by Gasteiger charge is 2.21. The van der Waals surface area contributed by atoms with Crippen molar-refractivity contribution < 1.29 is 9.90 Å². The molecular weight excluding hydrogens is 242 g/mol. The molecule has 1 aliphatic rings. The van der Waals surface area contributed by atoms with Gasteiger partial charge in [0.2, 0.25) is 5.91 Å². The Hall–Kier alpha value is -1.90. The second kappa shape index (κ2) is 6.32. The Morgan fingerprint density at radius 2 is 2.21 bits per heavy atom. The number of rotatable bonds is 4. The fourth-order valence-electron chi connectivity index (χ4n) is 2.16. The fourth-order valence-corrected chi connectivity index (χ4v) is 2.16. The van der Waals surface area contributed by atoms with Gasteiger partial charge in [-0.25, -0.2) is 0 Å². The highest BCUT2D eigenvalue weighted by atomic mass is 16.3. The third kappa shape index (κ3) is 4.05. The van der Waals surface area contributed by atoms with Crippen LogP contribution in [-0.2, 0) is 11.2 Å². The predicted molar refractivity (Wildman–Crippen MR) is 71.5 cm³/mol. The first kappa shape index (κ1) is 13.5. The van der Waals surface area contributed by atoms with Crippen molar-refractivity contribution in [3.63, 3.8) is 0 Å². The lowest BCUT2D eigenvalue weighted by atomic mass is 10.1. The van der Waals surface area contributed by atoms with Crippen molar-refractivity contribution >= 4 is 11.6 Å². The number of carbonyl (C=O) groups is 1. The average molecular weight is 259 g/mol. The molecular formula is C14H17N3O2. The van der Waals surface area contributed by atoms with Crippen molar-refractivity contribution in [1.82, 2.24) is 4.90 Å². The van der Waals surface area contributed by atoms with Gasteiger partial charge in [0.05, 0.1) is 25.1 Å². The molecule has 5 heteroatoms. The Bertz CT molecular complexity index is 478. The Morgan fingerprint density at radius 3 is 2.79 bits per heavy atom. The van der Waals surface area contributed by atoms with Crippen LogP contribution < -0.4 is 5.32 Å². The van der Waals surface area contributed by atoms with Gasteiger partial charge in [-0.3, -0.25) is 9.69 Å². The first-order chi connectivity index (χ1) is 9.17. The molecule has 1 amide bonds. The zero-order valence-electron chi connectivity index (χ0n) is 10.7. The van der Waals surface area contributed by atoms with Gasteiger partial charge in [-0.1, -0.05) is 12.1 Å². The summed E-state index contributed by atoms with van der Waals surface area (Å²) in [6.45, 7) is 1.63. The molecule has 0 aliphatic carbocycles. The normalized spacial score (nSPS) is 19.1. The number of likely N-dealkylation sites (tertiary alicyclic amines) is 1. The molecule has 0 aromatic heterocycles. The van der Waals surface area contributed by atoms with Crippen molar-refractivity contribution in [1.29, 1.82) is 5.26 Å². The molecule has 0 saturated carbocycles. The lowest BCUT2D eigenvalue weighted by Gasteiger charge is -2.14. The minimum atomic E-state index is -0.307. The van der Waals surface area contributed by atoms with Gasteiger partial charge in [-0.2, -0.15) is 5.26 Å². The van der Waals surface area contributed by atoms with Crippen LogP contribution in [0.1, 0.15) is 12.0 Å². The van der Waals surface area contributed by atoms with E-state index in [9.17, 15) is 9.90 Å². The summed E-state index contributed by atoms with van der Waals surface area (Å²) in [5, 5.41) is 20.8. The number of benzene rings is 1. The van der Waals surface area contributed by atoms with E-state index in [1.165, 1.54) is 0 Å². The Morgan fingerprint density at radius 1 is 1.47 bits per heavy atom. The maximum atomic E-state index is 11.8. The molecule has 1 heterocycles. The van der Waals surface area contributed by atoms with Gasteiger partial charge < -0.3 is 10.4 Å². The second-order valence-electron chi connectivity index (χ2n) is 4.76. The van der Waals surface area contributed by atoms with E-state index in [2.05, 4.69) is 11.4 Å². The summed E-state index contributed by atoms with van der Waals surface area (Å²) in [6.07, 6.45) is 0.800. The zero-order chi connectivity index (χ0) is 13.7. The maximum absolute atomic E-state index is 11.8. The highest BCUT2D eigenvalue weighted by Crippen LogP contribution is 2.11. The van der Waals surface area contributed by atoms with E-state index in [0.717, 1.165) is 24.2 Å². The van der Waals surface area contributed by atoms with Crippen LogP contribution in [0.5, 0.6) is 0 Å². The lowest BCUT2D eigenvalue weighted by Crippen LogP contribution is -2.32. The summed E-state index contributed by atoms with van der Waals surface area (Å²) in [5.41, 5.74) is 1.66. The summed E-state index contributed by atoms with van der Waals surface area (Å²) in [6, 6.07) is 9.33. The van der Waals surface area contributed by atoms with E-state index < -0.39 is 0 Å². The summed E-state index contributed by atoms with van der Waals surface area (Å²) in [5.74, 6) is -0.0814. The van der Waals surface area contributed by atoms with Gasteiger partial charge in [-0.05, 0) is 24.1 Å². The van der Waals surface area contributed by atoms with Crippen LogP contribution in [-0.4, -0.2) is 41.7 Å². The number of anilines is 1. The fraction of sp³-hybridized carbons (Fsp3) is 0.429. The van der Waals surface area contributed by atoms with E-state index >= 15 is 0 Å². The second-order valence-corrected chi connectivity index (χ2v) is 4.76. The van der Waals surface area contributed by atoms with Crippen LogP contribution >= 0.6 is 0 Å². The number of aliphatic hydroxyl groups is 1. The molecule has 1 aliphatic heterocycles. The van der Waals surface area contributed by atoms with E-state index in [0.29, 0.717) is 19.5 Å². The average Bonchev–Trinajstić information content (AvgIpc) is 2.77. The Labute approximate surface area is 112 Å². The van der Waals surface area contributed by atoms with Crippen molar-refractivity contribution in [2.75, 3.05) is 25.0 Å². The quantitative estimate of drug-likeness (QED) is 0.837. The summed E-state index contributed by atoms with van der Waals surface area (Å²) < 4.78 is 0. The molecule has 2 N–H and O–H groups in total. The van der Waals surface area contributed by atoms with Gasteiger partial charge in [0.15, 0.2) is 0 Å². The van der Waals surface area contributed by atoms with Crippen LogP contribution in [0.4, 0.5) is 5.69 Å². The molecule has 19 heavy (non-hydrogen) atoms. The Balaban J connectivity index is 1.83. The molecule has 1 aromatic rings. The van der Waals surface area contributed by atoms with Gasteiger partial charge in [0, 0.05) is 18.8 Å². The molecule has 1 saturated heterocycles. The topological polar surface area (TPSA) is 76.4 Å². The van der Waals surface area contributed by atoms with E-state index in [4.69, 9.17) is 5.26 Å². The molecule has 0 spiro atoms. The first-order valence-corrected chi connectivity index (χ1v) is 6.33. The van der Waals surface area contributed by atoms with Crippen LogP contribution in [0.15, 0.2) is 24.3 Å². The summed E-state index contributed by atoms with van der Waals surface area (Å²) in [7, 11) is 0. The van der Waals surface area contributed by atoms with Crippen molar-refractivity contribution in [2.24, 2.45) is 0 Å². The molecule has 100 valence electrons. The van der Waals surface area contributed by atoms with E-state index in [1.807, 2.05) is 17.0 Å². The van der Waals surface area contributed by atoms with Crippen LogP contribution in [0.25, 0.3) is 0 Å². The molecule has 0 bridgehead atoms. The minimum absolute atomic E-state index is 0.0814. The smallest absolute Gasteiger partial charge is 0.238 e.